The third-order valence-electron chi connectivity index (χ3n) is 6.65. The molecule has 4 rings (SSSR count). The largest absolute Gasteiger partial charge is 0.478 e. The number of hydrogen-bond acceptors (Lipinski definition) is 8. The number of aromatic carboxylic acids is 1. The van der Waals surface area contributed by atoms with Crippen molar-refractivity contribution in [3.8, 4) is 22.4 Å². The number of pyridine rings is 1. The number of nitrogens with two attached hydrogens (primary N) is 1. The highest BCUT2D eigenvalue weighted by Gasteiger charge is 2.13. The van der Waals surface area contributed by atoms with Gasteiger partial charge in [0.05, 0.1) is 45.4 Å². The number of aliphatic hydroxyl groups is 2. The van der Waals surface area contributed by atoms with Gasteiger partial charge in [-0.25, -0.2) is 9.78 Å². The Morgan fingerprint density at radius 2 is 1.55 bits per heavy atom. The van der Waals surface area contributed by atoms with E-state index < -0.39 is 12.1 Å². The molecule has 0 saturated carbocycles. The summed E-state index contributed by atoms with van der Waals surface area (Å²) >= 11 is 12.4. The second kappa shape index (κ2) is 14.9. The molecule has 0 bridgehead atoms. The number of carboxylic acids is 1. The lowest BCUT2D eigenvalue weighted by atomic mass is 10.0. The summed E-state index contributed by atoms with van der Waals surface area (Å²) in [7, 11) is 0. The number of nitrogens with zero attached hydrogens (tertiary/aromatic N) is 1. The van der Waals surface area contributed by atoms with Crippen LogP contribution in [0.3, 0.4) is 0 Å². The van der Waals surface area contributed by atoms with Crippen molar-refractivity contribution in [3.63, 3.8) is 0 Å². The molecule has 220 valence electrons. The minimum atomic E-state index is -1.13. The Bertz CT molecular complexity index is 1500. The van der Waals surface area contributed by atoms with Crippen LogP contribution < -0.4 is 21.9 Å². The van der Waals surface area contributed by atoms with Crippen molar-refractivity contribution in [1.82, 2.24) is 10.3 Å². The standard InChI is InChI=1S/C31H33Cl2N5O4/c32-26-13-12-23(15-25(26)31(41)42)37-38-30-28(34)16-27(33)29(36-30)22-10-8-21(9-11-22)20-6-4-19(5-7-20)17-35-14-2-1-3-24(40)18-39/h4-13,15-16,24,35,37,39-40H,1-3,14,17-18,34H2,(H,36,38)(H,41,42). The van der Waals surface area contributed by atoms with Crippen molar-refractivity contribution in [2.45, 2.75) is 31.9 Å². The number of unbranched alkanes of at least 4 members (excludes halogenated alkanes) is 1. The first-order valence-corrected chi connectivity index (χ1v) is 14.2. The molecule has 9 nitrogen and oxygen atoms in total. The van der Waals surface area contributed by atoms with Crippen LogP contribution in [0.2, 0.25) is 10.0 Å². The maximum atomic E-state index is 11.4. The minimum absolute atomic E-state index is 0.0314. The van der Waals surface area contributed by atoms with Crippen LogP contribution in [0.4, 0.5) is 17.2 Å². The van der Waals surface area contributed by atoms with Gasteiger partial charge in [0.1, 0.15) is 0 Å². The maximum absolute atomic E-state index is 11.4. The molecule has 1 unspecified atom stereocenters. The predicted octanol–water partition coefficient (Wildman–Crippen LogP) is 6.05. The average molecular weight is 611 g/mol. The summed E-state index contributed by atoms with van der Waals surface area (Å²) in [6.45, 7) is 1.42. The van der Waals surface area contributed by atoms with Gasteiger partial charge >= 0.3 is 5.97 Å². The van der Waals surface area contributed by atoms with Crippen molar-refractivity contribution in [2.75, 3.05) is 29.7 Å². The molecule has 42 heavy (non-hydrogen) atoms. The van der Waals surface area contributed by atoms with Gasteiger partial charge in [-0.2, -0.15) is 0 Å². The van der Waals surface area contributed by atoms with Gasteiger partial charge < -0.3 is 26.4 Å². The molecular weight excluding hydrogens is 577 g/mol. The normalized spacial score (nSPS) is 11.7. The molecule has 0 aliphatic rings. The third-order valence-corrected chi connectivity index (χ3v) is 7.27. The minimum Gasteiger partial charge on any atom is -0.478 e. The number of carboxylic acid groups (broad SMARTS) is 1. The van der Waals surface area contributed by atoms with Gasteiger partial charge in [-0.05, 0) is 66.8 Å². The number of hydrogen-bond donors (Lipinski definition) is 7. The Morgan fingerprint density at radius 1 is 0.881 bits per heavy atom. The number of rotatable bonds is 14. The number of nitrogens with one attached hydrogen (secondary N) is 3. The van der Waals surface area contributed by atoms with E-state index in [4.69, 9.17) is 34.0 Å². The Kier molecular flexibility index (Phi) is 11.0. The fourth-order valence-electron chi connectivity index (χ4n) is 4.29. The van der Waals surface area contributed by atoms with Crippen LogP contribution >= 0.6 is 23.2 Å². The van der Waals surface area contributed by atoms with E-state index in [1.165, 1.54) is 17.7 Å². The molecule has 0 fully saturated rings. The van der Waals surface area contributed by atoms with Crippen LogP contribution in [-0.4, -0.2) is 45.5 Å². The van der Waals surface area contributed by atoms with E-state index in [1.54, 1.807) is 12.1 Å². The van der Waals surface area contributed by atoms with Crippen molar-refractivity contribution in [2.24, 2.45) is 0 Å². The molecule has 0 spiro atoms. The zero-order valence-corrected chi connectivity index (χ0v) is 24.3. The van der Waals surface area contributed by atoms with Gasteiger partial charge in [-0.15, -0.1) is 0 Å². The molecule has 1 aromatic heterocycles. The fraction of sp³-hybridized carbons (Fsp3) is 0.226. The smallest absolute Gasteiger partial charge is 0.337 e. The molecule has 0 saturated heterocycles. The number of nitrogen functional groups attached to an aromatic ring is 1. The first-order chi connectivity index (χ1) is 20.2. The average Bonchev–Trinajstić information content (AvgIpc) is 2.99. The zero-order chi connectivity index (χ0) is 30.1. The van der Waals surface area contributed by atoms with E-state index in [-0.39, 0.29) is 17.2 Å². The van der Waals surface area contributed by atoms with Crippen LogP contribution in [0.25, 0.3) is 22.4 Å². The fourth-order valence-corrected chi connectivity index (χ4v) is 4.76. The molecule has 1 heterocycles. The molecule has 0 amide bonds. The summed E-state index contributed by atoms with van der Waals surface area (Å²) in [5.74, 6) is -0.802. The highest BCUT2D eigenvalue weighted by molar-refractivity contribution is 6.34. The summed E-state index contributed by atoms with van der Waals surface area (Å²) in [5.41, 5.74) is 17.3. The number of hydrazine groups is 1. The van der Waals surface area contributed by atoms with E-state index in [1.807, 2.05) is 24.3 Å². The summed E-state index contributed by atoms with van der Waals surface area (Å²) in [6.07, 6.45) is 1.80. The number of halogens is 2. The zero-order valence-electron chi connectivity index (χ0n) is 22.8. The van der Waals surface area contributed by atoms with E-state index in [0.717, 1.165) is 42.6 Å². The van der Waals surface area contributed by atoms with E-state index in [9.17, 15) is 15.0 Å². The summed E-state index contributed by atoms with van der Waals surface area (Å²) < 4.78 is 0. The lowest BCUT2D eigenvalue weighted by Crippen LogP contribution is -2.16. The van der Waals surface area contributed by atoms with Crippen LogP contribution in [0.15, 0.2) is 72.8 Å². The number of carbonyl (C=O) groups is 1. The van der Waals surface area contributed by atoms with Crippen LogP contribution in [-0.2, 0) is 6.54 Å². The lowest BCUT2D eigenvalue weighted by molar-refractivity contribution is 0.0697. The van der Waals surface area contributed by atoms with Gasteiger partial charge in [0.2, 0.25) is 0 Å². The summed E-state index contributed by atoms with van der Waals surface area (Å²) in [4.78, 5) is 16.0. The van der Waals surface area contributed by atoms with Crippen molar-refractivity contribution >= 4 is 46.4 Å². The monoisotopic (exact) mass is 609 g/mol. The Hall–Kier alpha value is -3.86. The van der Waals surface area contributed by atoms with Crippen molar-refractivity contribution in [3.05, 3.63) is 94.0 Å². The van der Waals surface area contributed by atoms with Crippen LogP contribution in [0, 0.1) is 0 Å². The van der Waals surface area contributed by atoms with Gasteiger partial charge in [-0.3, -0.25) is 10.9 Å². The predicted molar refractivity (Wildman–Crippen MR) is 169 cm³/mol. The highest BCUT2D eigenvalue weighted by atomic mass is 35.5. The topological polar surface area (TPSA) is 153 Å². The lowest BCUT2D eigenvalue weighted by Gasteiger charge is -2.14. The first-order valence-electron chi connectivity index (χ1n) is 13.5. The van der Waals surface area contributed by atoms with E-state index >= 15 is 0 Å². The molecule has 0 aliphatic heterocycles. The first kappa shape index (κ1) is 31.1. The molecule has 11 heteroatoms. The highest BCUT2D eigenvalue weighted by Crippen LogP contribution is 2.33. The van der Waals surface area contributed by atoms with Crippen molar-refractivity contribution < 1.29 is 20.1 Å². The number of aliphatic hydroxyl groups excluding tert-OH is 2. The number of aromatic nitrogens is 1. The summed E-state index contributed by atoms with van der Waals surface area (Å²) in [6, 6.07) is 22.4. The molecule has 8 N–H and O–H groups in total. The maximum Gasteiger partial charge on any atom is 0.337 e. The van der Waals surface area contributed by atoms with Gasteiger partial charge in [0.25, 0.3) is 0 Å². The third kappa shape index (κ3) is 8.34. The molecule has 0 radical (unpaired) electrons. The molecule has 0 aliphatic carbocycles. The molecule has 3 aromatic carbocycles. The molecule has 1 atom stereocenters. The number of benzene rings is 3. The number of anilines is 3. The summed E-state index contributed by atoms with van der Waals surface area (Å²) in [5, 5.41) is 31.5. The van der Waals surface area contributed by atoms with E-state index in [0.29, 0.717) is 34.3 Å². The second-order valence-electron chi connectivity index (χ2n) is 9.79. The van der Waals surface area contributed by atoms with Crippen LogP contribution in [0.1, 0.15) is 35.2 Å². The van der Waals surface area contributed by atoms with Gasteiger partial charge in [0.15, 0.2) is 5.82 Å². The molecule has 4 aromatic rings. The Balaban J connectivity index is 1.37. The second-order valence-corrected chi connectivity index (χ2v) is 10.6. The Morgan fingerprint density at radius 3 is 2.21 bits per heavy atom. The van der Waals surface area contributed by atoms with E-state index in [2.05, 4.69) is 45.4 Å². The SMILES string of the molecule is Nc1cc(Cl)c(-c2ccc(-c3ccc(CNCCCCC(O)CO)cc3)cc2)nc1NNc1ccc(Cl)c(C(=O)O)c1. The van der Waals surface area contributed by atoms with Gasteiger partial charge in [-0.1, -0.05) is 71.7 Å². The van der Waals surface area contributed by atoms with Crippen molar-refractivity contribution in [1.29, 1.82) is 0 Å². The van der Waals surface area contributed by atoms with Gasteiger partial charge in [0, 0.05) is 12.1 Å². The Labute approximate surface area is 254 Å². The quantitative estimate of drug-likeness (QED) is 0.0668. The molecular formula is C31H33Cl2N5O4. The van der Waals surface area contributed by atoms with Crippen LogP contribution in [0.5, 0.6) is 0 Å².